The van der Waals surface area contributed by atoms with Crippen LogP contribution in [0, 0.1) is 6.92 Å². The molecule has 0 unspecified atom stereocenters. The molecule has 1 saturated heterocycles. The first-order valence-electron chi connectivity index (χ1n) is 7.34. The summed E-state index contributed by atoms with van der Waals surface area (Å²) in [5, 5.41) is 3.36. The van der Waals surface area contributed by atoms with E-state index in [-0.39, 0.29) is 24.3 Å². The Balaban J connectivity index is 1.74. The lowest BCUT2D eigenvalue weighted by Crippen LogP contribution is -2.42. The fourth-order valence-corrected chi connectivity index (χ4v) is 3.10. The molecule has 0 spiro atoms. The molecule has 20 heavy (non-hydrogen) atoms. The molecule has 1 aliphatic carbocycles. The van der Waals surface area contributed by atoms with Gasteiger partial charge in [-0.25, -0.2) is 4.90 Å². The van der Waals surface area contributed by atoms with Gasteiger partial charge in [0.25, 0.3) is 5.91 Å². The number of benzene rings is 1. The van der Waals surface area contributed by atoms with Crippen LogP contribution >= 0.6 is 0 Å². The molecule has 0 aromatic heterocycles. The maximum absolute atomic E-state index is 12.4. The largest absolute Gasteiger partial charge is 0.303 e. The van der Waals surface area contributed by atoms with Crippen LogP contribution in [0.4, 0.5) is 5.69 Å². The highest BCUT2D eigenvalue weighted by Crippen LogP contribution is 2.25. The van der Waals surface area contributed by atoms with Crippen molar-refractivity contribution in [1.82, 2.24) is 5.32 Å². The zero-order chi connectivity index (χ0) is 14.1. The molecule has 3 rings (SSSR count). The first-order valence-corrected chi connectivity index (χ1v) is 7.34. The van der Waals surface area contributed by atoms with E-state index in [0.717, 1.165) is 18.4 Å². The number of carbonyl (C=O) groups is 2. The zero-order valence-electron chi connectivity index (χ0n) is 11.8. The normalized spacial score (nSPS) is 23.9. The lowest BCUT2D eigenvalue weighted by Gasteiger charge is -2.18. The molecule has 4 nitrogen and oxygen atoms in total. The first kappa shape index (κ1) is 13.3. The van der Waals surface area contributed by atoms with Crippen LogP contribution in [0.2, 0.25) is 0 Å². The van der Waals surface area contributed by atoms with Crippen molar-refractivity contribution < 1.29 is 9.59 Å². The van der Waals surface area contributed by atoms with Gasteiger partial charge in [-0.2, -0.15) is 0 Å². The van der Waals surface area contributed by atoms with Gasteiger partial charge in [0.1, 0.15) is 0 Å². The van der Waals surface area contributed by atoms with Gasteiger partial charge >= 0.3 is 0 Å². The van der Waals surface area contributed by atoms with E-state index in [9.17, 15) is 9.59 Å². The standard InChI is InChI=1S/C16H20N2O2/c1-11-6-8-13(9-7-11)18-15(19)10-14(16(18)20)17-12-4-2-3-5-12/h6-9,12,14,17H,2-5,10H2,1H3/t14-/m0/s1. The lowest BCUT2D eigenvalue weighted by atomic mass is 10.2. The molecule has 1 N–H and O–H groups in total. The average Bonchev–Trinajstić information content (AvgIpc) is 3.02. The first-order chi connectivity index (χ1) is 9.65. The number of hydrogen-bond donors (Lipinski definition) is 1. The van der Waals surface area contributed by atoms with Crippen LogP contribution in [-0.4, -0.2) is 23.9 Å². The summed E-state index contributed by atoms with van der Waals surface area (Å²) < 4.78 is 0. The smallest absolute Gasteiger partial charge is 0.251 e. The summed E-state index contributed by atoms with van der Waals surface area (Å²) in [4.78, 5) is 25.9. The Hall–Kier alpha value is -1.68. The maximum Gasteiger partial charge on any atom is 0.251 e. The van der Waals surface area contributed by atoms with E-state index in [2.05, 4.69) is 5.32 Å². The van der Waals surface area contributed by atoms with Crippen LogP contribution in [0.15, 0.2) is 24.3 Å². The second-order valence-corrected chi connectivity index (χ2v) is 5.81. The summed E-state index contributed by atoms with van der Waals surface area (Å²) in [6.07, 6.45) is 4.94. The highest BCUT2D eigenvalue weighted by molar-refractivity contribution is 6.22. The molecule has 1 aromatic rings. The monoisotopic (exact) mass is 272 g/mol. The van der Waals surface area contributed by atoms with Gasteiger partial charge in [-0.3, -0.25) is 9.59 Å². The molecule has 1 aromatic carbocycles. The fourth-order valence-electron chi connectivity index (χ4n) is 3.10. The van der Waals surface area contributed by atoms with Gasteiger partial charge in [-0.05, 0) is 31.9 Å². The van der Waals surface area contributed by atoms with E-state index in [4.69, 9.17) is 0 Å². The highest BCUT2D eigenvalue weighted by Gasteiger charge is 2.40. The Morgan fingerprint density at radius 1 is 1.10 bits per heavy atom. The summed E-state index contributed by atoms with van der Waals surface area (Å²) in [7, 11) is 0. The lowest BCUT2D eigenvalue weighted by molar-refractivity contribution is -0.121. The number of aryl methyl sites for hydroxylation is 1. The van der Waals surface area contributed by atoms with Gasteiger partial charge < -0.3 is 5.32 Å². The molecule has 4 heteroatoms. The Morgan fingerprint density at radius 3 is 2.40 bits per heavy atom. The minimum absolute atomic E-state index is 0.102. The van der Waals surface area contributed by atoms with E-state index in [0.29, 0.717) is 11.7 Å². The van der Waals surface area contributed by atoms with E-state index in [1.54, 1.807) is 0 Å². The SMILES string of the molecule is Cc1ccc(N2C(=O)C[C@H](NC3CCCC3)C2=O)cc1. The molecule has 1 atom stereocenters. The van der Waals surface area contributed by atoms with Crippen LogP contribution in [0.1, 0.15) is 37.7 Å². The molecule has 1 aliphatic heterocycles. The van der Waals surface area contributed by atoms with Crippen LogP contribution < -0.4 is 10.2 Å². The molecule has 1 saturated carbocycles. The van der Waals surface area contributed by atoms with Crippen molar-refractivity contribution in [2.45, 2.75) is 51.1 Å². The summed E-state index contributed by atoms with van der Waals surface area (Å²) in [5.74, 6) is -0.208. The Morgan fingerprint density at radius 2 is 1.75 bits per heavy atom. The van der Waals surface area contributed by atoms with Crippen molar-refractivity contribution >= 4 is 17.5 Å². The maximum atomic E-state index is 12.4. The zero-order valence-corrected chi connectivity index (χ0v) is 11.8. The van der Waals surface area contributed by atoms with Crippen molar-refractivity contribution in [2.75, 3.05) is 4.90 Å². The second kappa shape index (κ2) is 5.37. The van der Waals surface area contributed by atoms with Crippen LogP contribution in [-0.2, 0) is 9.59 Å². The fraction of sp³-hybridized carbons (Fsp3) is 0.500. The van der Waals surface area contributed by atoms with Gasteiger partial charge in [0.05, 0.1) is 18.2 Å². The average molecular weight is 272 g/mol. The van der Waals surface area contributed by atoms with Crippen molar-refractivity contribution in [3.63, 3.8) is 0 Å². The van der Waals surface area contributed by atoms with Gasteiger partial charge in [0.15, 0.2) is 0 Å². The number of carbonyl (C=O) groups excluding carboxylic acids is 2. The Labute approximate surface area is 119 Å². The highest BCUT2D eigenvalue weighted by atomic mass is 16.2. The molecule has 1 heterocycles. The van der Waals surface area contributed by atoms with Gasteiger partial charge in [-0.15, -0.1) is 0 Å². The summed E-state index contributed by atoms with van der Waals surface area (Å²) in [6.45, 7) is 1.99. The molecular formula is C16H20N2O2. The van der Waals surface area contributed by atoms with Crippen molar-refractivity contribution in [2.24, 2.45) is 0 Å². The molecule has 2 amide bonds. The van der Waals surface area contributed by atoms with Gasteiger partial charge in [-0.1, -0.05) is 30.5 Å². The Kier molecular flexibility index (Phi) is 3.57. The van der Waals surface area contributed by atoms with E-state index >= 15 is 0 Å². The van der Waals surface area contributed by atoms with Gasteiger partial charge in [0.2, 0.25) is 5.91 Å². The summed E-state index contributed by atoms with van der Waals surface area (Å²) >= 11 is 0. The second-order valence-electron chi connectivity index (χ2n) is 5.81. The van der Waals surface area contributed by atoms with Crippen LogP contribution in [0.25, 0.3) is 0 Å². The summed E-state index contributed by atoms with van der Waals surface area (Å²) in [6, 6.07) is 7.58. The van der Waals surface area contributed by atoms with Crippen molar-refractivity contribution in [3.8, 4) is 0 Å². The van der Waals surface area contributed by atoms with E-state index in [1.807, 2.05) is 31.2 Å². The van der Waals surface area contributed by atoms with E-state index in [1.165, 1.54) is 17.7 Å². The number of imide groups is 1. The number of nitrogens with zero attached hydrogens (tertiary/aromatic N) is 1. The predicted molar refractivity (Wildman–Crippen MR) is 77.5 cm³/mol. The molecule has 106 valence electrons. The summed E-state index contributed by atoms with van der Waals surface area (Å²) in [5.41, 5.74) is 1.80. The number of hydrogen-bond acceptors (Lipinski definition) is 3. The number of anilines is 1. The van der Waals surface area contributed by atoms with Crippen molar-refractivity contribution in [3.05, 3.63) is 29.8 Å². The molecule has 0 bridgehead atoms. The minimum Gasteiger partial charge on any atom is -0.303 e. The van der Waals surface area contributed by atoms with E-state index < -0.39 is 0 Å². The Bertz CT molecular complexity index is 518. The molecule has 2 aliphatic rings. The number of rotatable bonds is 3. The van der Waals surface area contributed by atoms with Crippen LogP contribution in [0.5, 0.6) is 0 Å². The third-order valence-electron chi connectivity index (χ3n) is 4.23. The molecule has 0 radical (unpaired) electrons. The molecule has 2 fully saturated rings. The molecular weight excluding hydrogens is 252 g/mol. The predicted octanol–water partition coefficient (Wildman–Crippen LogP) is 2.16. The third kappa shape index (κ3) is 2.48. The minimum atomic E-state index is -0.341. The van der Waals surface area contributed by atoms with Crippen molar-refractivity contribution in [1.29, 1.82) is 0 Å². The number of nitrogens with one attached hydrogen (secondary N) is 1. The third-order valence-corrected chi connectivity index (χ3v) is 4.23. The van der Waals surface area contributed by atoms with Gasteiger partial charge in [0, 0.05) is 6.04 Å². The number of amides is 2. The topological polar surface area (TPSA) is 49.4 Å². The quantitative estimate of drug-likeness (QED) is 0.858. The van der Waals surface area contributed by atoms with Crippen LogP contribution in [0.3, 0.4) is 0 Å².